The Hall–Kier alpha value is -3.09. The Morgan fingerprint density at radius 2 is 2.10 bits per heavy atom. The first-order valence-electron chi connectivity index (χ1n) is 13.1. The molecule has 1 spiro atoms. The van der Waals surface area contributed by atoms with E-state index >= 15 is 0 Å². The lowest BCUT2D eigenvalue weighted by Crippen LogP contribution is -2.57. The molecule has 208 valence electrons. The van der Waals surface area contributed by atoms with Gasteiger partial charge >= 0.3 is 5.97 Å². The van der Waals surface area contributed by atoms with Crippen LogP contribution in [-0.2, 0) is 30.5 Å². The van der Waals surface area contributed by atoms with Crippen molar-refractivity contribution in [1.29, 1.82) is 0 Å². The van der Waals surface area contributed by atoms with Crippen LogP contribution < -0.4 is 0 Å². The maximum absolute atomic E-state index is 14.3. The Morgan fingerprint density at radius 1 is 1.31 bits per heavy atom. The number of hydrogen-bond acceptors (Lipinski definition) is 8. The first-order valence-corrected chi connectivity index (χ1v) is 14.0. The van der Waals surface area contributed by atoms with Crippen LogP contribution in [0.5, 0.6) is 0 Å². The van der Waals surface area contributed by atoms with Crippen LogP contribution in [0.25, 0.3) is 11.0 Å². The highest BCUT2D eigenvalue weighted by molar-refractivity contribution is 9.09. The van der Waals surface area contributed by atoms with Crippen LogP contribution in [0, 0.1) is 11.8 Å². The van der Waals surface area contributed by atoms with Gasteiger partial charge in [-0.25, -0.2) is 4.68 Å². The Morgan fingerprint density at radius 3 is 2.85 bits per heavy atom. The molecule has 2 aromatic rings. The third-order valence-electron chi connectivity index (χ3n) is 7.82. The summed E-state index contributed by atoms with van der Waals surface area (Å²) in [6, 6.07) is 6.37. The third kappa shape index (κ3) is 4.57. The van der Waals surface area contributed by atoms with Crippen molar-refractivity contribution in [1.82, 2.24) is 24.8 Å². The Balaban J connectivity index is 1.47. The Labute approximate surface area is 234 Å². The van der Waals surface area contributed by atoms with Crippen LogP contribution in [0.4, 0.5) is 0 Å². The zero-order valence-electron chi connectivity index (χ0n) is 21.5. The van der Waals surface area contributed by atoms with Gasteiger partial charge in [0.05, 0.1) is 36.7 Å². The van der Waals surface area contributed by atoms with Crippen molar-refractivity contribution in [2.24, 2.45) is 11.8 Å². The van der Waals surface area contributed by atoms with E-state index in [9.17, 15) is 19.5 Å². The second-order valence-electron chi connectivity index (χ2n) is 10.1. The number of para-hydroxylation sites is 1. The number of halogens is 1. The highest BCUT2D eigenvalue weighted by atomic mass is 79.9. The molecule has 0 aliphatic carbocycles. The number of carbonyl (C=O) groups excluding carboxylic acids is 3. The molecule has 11 nitrogen and oxygen atoms in total. The molecule has 6 atom stereocenters. The summed E-state index contributed by atoms with van der Waals surface area (Å²) in [6.45, 7) is 7.53. The fourth-order valence-corrected chi connectivity index (χ4v) is 7.20. The number of hydrogen-bond donors (Lipinski definition) is 1. The van der Waals surface area contributed by atoms with Gasteiger partial charge in [0.1, 0.15) is 23.8 Å². The van der Waals surface area contributed by atoms with E-state index in [0.29, 0.717) is 24.8 Å². The monoisotopic (exact) mass is 601 g/mol. The molecule has 1 aromatic heterocycles. The SMILES string of the molecule is C=CCCCOC(=O)[C@H]1[C@@H]2OC3(CC2Br)C(C(=O)N(CC=C)Cn2nnc4ccccc42)N(CCO)C(=O)[C@H]13. The molecule has 12 heteroatoms. The van der Waals surface area contributed by atoms with Gasteiger partial charge in [0, 0.05) is 17.9 Å². The summed E-state index contributed by atoms with van der Waals surface area (Å²) in [5.41, 5.74) is 0.203. The number of nitrogens with zero attached hydrogens (tertiary/aromatic N) is 5. The van der Waals surface area contributed by atoms with Crippen molar-refractivity contribution in [2.75, 3.05) is 26.3 Å². The second-order valence-corrected chi connectivity index (χ2v) is 11.3. The predicted molar refractivity (Wildman–Crippen MR) is 144 cm³/mol. The highest BCUT2D eigenvalue weighted by Gasteiger charge is 2.77. The molecule has 0 saturated carbocycles. The molecule has 3 saturated heterocycles. The lowest BCUT2D eigenvalue weighted by molar-refractivity contribution is -0.155. The van der Waals surface area contributed by atoms with Crippen molar-refractivity contribution >= 4 is 44.7 Å². The number of benzene rings is 1. The van der Waals surface area contributed by atoms with Gasteiger partial charge in [0.15, 0.2) is 0 Å². The lowest BCUT2D eigenvalue weighted by Gasteiger charge is -2.36. The van der Waals surface area contributed by atoms with Gasteiger partial charge < -0.3 is 24.4 Å². The van der Waals surface area contributed by atoms with Crippen LogP contribution in [0.2, 0.25) is 0 Å². The number of esters is 1. The Bertz CT molecular complexity index is 1280. The molecule has 3 unspecified atom stereocenters. The van der Waals surface area contributed by atoms with E-state index in [4.69, 9.17) is 9.47 Å². The third-order valence-corrected chi connectivity index (χ3v) is 8.66. The molecule has 3 fully saturated rings. The minimum absolute atomic E-state index is 0.0657. The topological polar surface area (TPSA) is 127 Å². The van der Waals surface area contributed by atoms with E-state index in [1.807, 2.05) is 24.3 Å². The standard InChI is InChI=1S/C27H32BrN5O6/c1-3-5-8-14-38-26(37)20-21-24(35)32(12-13-34)23(27(21)15-17(28)22(20)39-27)25(36)31(11-4-2)16-33-19-10-7-6-9-18(19)29-30-33/h3-4,6-7,9-10,17,20-23,34H,1-2,5,8,11-16H2/t17?,20-,21+,22-,23?,27?/m1/s1. The summed E-state index contributed by atoms with van der Waals surface area (Å²) in [4.78, 5) is 44.0. The second kappa shape index (κ2) is 11.2. The maximum atomic E-state index is 14.3. The van der Waals surface area contributed by atoms with Crippen molar-refractivity contribution in [2.45, 2.75) is 48.5 Å². The molecule has 4 heterocycles. The first kappa shape index (κ1) is 27.5. The highest BCUT2D eigenvalue weighted by Crippen LogP contribution is 2.60. The fourth-order valence-electron chi connectivity index (χ4n) is 6.25. The van der Waals surface area contributed by atoms with E-state index in [0.717, 1.165) is 5.52 Å². The molecule has 2 bridgehead atoms. The number of β-amino-alcohol motifs (C(OH)–C–C–N with tert-alkyl or cyclic N) is 1. The number of ether oxygens (including phenoxy) is 2. The number of fused-ring (bicyclic) bond motifs is 2. The molecule has 3 aliphatic heterocycles. The van der Waals surface area contributed by atoms with Crippen LogP contribution in [0.15, 0.2) is 49.6 Å². The van der Waals surface area contributed by atoms with Crippen molar-refractivity contribution in [3.8, 4) is 0 Å². The molecule has 5 rings (SSSR count). The maximum Gasteiger partial charge on any atom is 0.312 e. The summed E-state index contributed by atoms with van der Waals surface area (Å²) >= 11 is 3.64. The number of aliphatic hydroxyl groups excluding tert-OH is 1. The number of aliphatic hydroxyl groups is 1. The number of amides is 2. The number of allylic oxidation sites excluding steroid dienone is 1. The number of carbonyl (C=O) groups is 3. The molecule has 3 aliphatic rings. The number of rotatable bonds is 12. The van der Waals surface area contributed by atoms with Gasteiger partial charge in [0.2, 0.25) is 11.8 Å². The zero-order valence-corrected chi connectivity index (χ0v) is 23.1. The van der Waals surface area contributed by atoms with E-state index in [-0.39, 0.29) is 49.6 Å². The normalized spacial score (nSPS) is 29.0. The van der Waals surface area contributed by atoms with Crippen LogP contribution in [0.3, 0.4) is 0 Å². The zero-order chi connectivity index (χ0) is 27.7. The average Bonchev–Trinajstić information content (AvgIpc) is 3.64. The molecular formula is C27H32BrN5O6. The lowest BCUT2D eigenvalue weighted by atomic mass is 9.70. The summed E-state index contributed by atoms with van der Waals surface area (Å²) in [5, 5.41) is 18.2. The summed E-state index contributed by atoms with van der Waals surface area (Å²) in [7, 11) is 0. The molecule has 0 radical (unpaired) electrons. The number of alkyl halides is 1. The molecule has 39 heavy (non-hydrogen) atoms. The molecule has 2 amide bonds. The first-order chi connectivity index (χ1) is 18.9. The number of likely N-dealkylation sites (tertiary alicyclic amines) is 1. The van der Waals surface area contributed by atoms with Crippen LogP contribution >= 0.6 is 15.9 Å². The van der Waals surface area contributed by atoms with Gasteiger partial charge in [-0.15, -0.1) is 18.3 Å². The van der Waals surface area contributed by atoms with Crippen molar-refractivity contribution in [3.63, 3.8) is 0 Å². The summed E-state index contributed by atoms with van der Waals surface area (Å²) in [6.07, 6.45) is 4.43. The average molecular weight is 602 g/mol. The Kier molecular flexibility index (Phi) is 7.88. The van der Waals surface area contributed by atoms with Gasteiger partial charge in [-0.3, -0.25) is 14.4 Å². The smallest absolute Gasteiger partial charge is 0.312 e. The van der Waals surface area contributed by atoms with Gasteiger partial charge in [0.25, 0.3) is 0 Å². The summed E-state index contributed by atoms with van der Waals surface area (Å²) < 4.78 is 13.6. The molecule has 1 N–H and O–H groups in total. The predicted octanol–water partition coefficient (Wildman–Crippen LogP) is 1.65. The number of aromatic nitrogens is 3. The van der Waals surface area contributed by atoms with Gasteiger partial charge in [-0.2, -0.15) is 0 Å². The fraction of sp³-hybridized carbons (Fsp3) is 0.519. The van der Waals surface area contributed by atoms with Gasteiger partial charge in [-0.1, -0.05) is 45.4 Å². The van der Waals surface area contributed by atoms with E-state index in [1.165, 1.54) is 9.80 Å². The largest absolute Gasteiger partial charge is 0.465 e. The van der Waals surface area contributed by atoms with Crippen LogP contribution in [0.1, 0.15) is 19.3 Å². The van der Waals surface area contributed by atoms with Gasteiger partial charge in [-0.05, 0) is 31.4 Å². The van der Waals surface area contributed by atoms with E-state index in [2.05, 4.69) is 39.4 Å². The minimum Gasteiger partial charge on any atom is -0.465 e. The van der Waals surface area contributed by atoms with Crippen molar-refractivity contribution in [3.05, 3.63) is 49.6 Å². The van der Waals surface area contributed by atoms with E-state index < -0.39 is 35.6 Å². The number of unbranched alkanes of at least 4 members (excludes halogenated alkanes) is 1. The summed E-state index contributed by atoms with van der Waals surface area (Å²) in [5.74, 6) is -3.02. The minimum atomic E-state index is -1.24. The molecular weight excluding hydrogens is 570 g/mol. The van der Waals surface area contributed by atoms with Crippen LogP contribution in [-0.4, -0.2) is 96.6 Å². The van der Waals surface area contributed by atoms with E-state index in [1.54, 1.807) is 16.8 Å². The van der Waals surface area contributed by atoms with Crippen molar-refractivity contribution < 1.29 is 29.0 Å². The molecule has 1 aromatic carbocycles. The quantitative estimate of drug-likeness (QED) is 0.168.